The first-order valence-corrected chi connectivity index (χ1v) is 7.23. The smallest absolute Gasteiger partial charge is 0.224 e. The summed E-state index contributed by atoms with van der Waals surface area (Å²) in [6, 6.07) is 6.07. The van der Waals surface area contributed by atoms with E-state index in [4.69, 9.17) is 0 Å². The highest BCUT2D eigenvalue weighted by Crippen LogP contribution is 2.19. The van der Waals surface area contributed by atoms with Crippen molar-refractivity contribution in [3.63, 3.8) is 0 Å². The second-order valence-electron chi connectivity index (χ2n) is 5.58. The highest BCUT2D eigenvalue weighted by atomic mass is 16.1. The van der Waals surface area contributed by atoms with Crippen LogP contribution in [0.25, 0.3) is 0 Å². The van der Waals surface area contributed by atoms with Crippen molar-refractivity contribution in [3.05, 3.63) is 29.3 Å². The van der Waals surface area contributed by atoms with Crippen molar-refractivity contribution >= 4 is 11.6 Å². The summed E-state index contributed by atoms with van der Waals surface area (Å²) in [5.74, 6) is 0.855. The first kappa shape index (κ1) is 14.1. The Balaban J connectivity index is 1.78. The number of nitrogens with one attached hydrogen (secondary N) is 2. The summed E-state index contributed by atoms with van der Waals surface area (Å²) < 4.78 is 0. The van der Waals surface area contributed by atoms with Gasteiger partial charge in [0.2, 0.25) is 5.91 Å². The van der Waals surface area contributed by atoms with Crippen LogP contribution in [-0.2, 0) is 4.79 Å². The van der Waals surface area contributed by atoms with Crippen LogP contribution in [0, 0.1) is 19.8 Å². The molecule has 1 amide bonds. The molecule has 104 valence electrons. The average molecular weight is 260 g/mol. The molecule has 0 atom stereocenters. The quantitative estimate of drug-likeness (QED) is 0.873. The molecule has 1 aliphatic heterocycles. The van der Waals surface area contributed by atoms with Crippen LogP contribution in [0.2, 0.25) is 0 Å². The number of hydrogen-bond donors (Lipinski definition) is 2. The van der Waals surface area contributed by atoms with Crippen molar-refractivity contribution < 1.29 is 4.79 Å². The van der Waals surface area contributed by atoms with Gasteiger partial charge in [0.25, 0.3) is 0 Å². The molecule has 1 aromatic rings. The lowest BCUT2D eigenvalue weighted by atomic mass is 9.93. The maximum Gasteiger partial charge on any atom is 0.224 e. The van der Waals surface area contributed by atoms with E-state index in [1.807, 2.05) is 12.1 Å². The van der Waals surface area contributed by atoms with Gasteiger partial charge >= 0.3 is 0 Å². The van der Waals surface area contributed by atoms with E-state index in [0.717, 1.165) is 25.2 Å². The topological polar surface area (TPSA) is 41.1 Å². The Labute approximate surface area is 115 Å². The highest BCUT2D eigenvalue weighted by molar-refractivity contribution is 5.90. The van der Waals surface area contributed by atoms with Crippen LogP contribution in [-0.4, -0.2) is 19.0 Å². The number of amides is 1. The summed E-state index contributed by atoms with van der Waals surface area (Å²) in [4.78, 5) is 11.9. The molecular formula is C16H24N2O. The van der Waals surface area contributed by atoms with Gasteiger partial charge in [0.05, 0.1) is 0 Å². The van der Waals surface area contributed by atoms with E-state index in [1.54, 1.807) is 0 Å². The first-order chi connectivity index (χ1) is 9.15. The number of hydrogen-bond acceptors (Lipinski definition) is 2. The van der Waals surface area contributed by atoms with Gasteiger partial charge in [-0.2, -0.15) is 0 Å². The molecule has 2 rings (SSSR count). The number of carbonyl (C=O) groups is 1. The molecule has 2 N–H and O–H groups in total. The molecule has 19 heavy (non-hydrogen) atoms. The summed E-state index contributed by atoms with van der Waals surface area (Å²) in [6.07, 6.45) is 4.06. The lowest BCUT2D eigenvalue weighted by Gasteiger charge is -2.22. The maximum atomic E-state index is 11.9. The fraction of sp³-hybridized carbons (Fsp3) is 0.562. The van der Waals surface area contributed by atoms with Crippen LogP contribution < -0.4 is 10.6 Å². The normalized spacial score (nSPS) is 16.3. The minimum Gasteiger partial charge on any atom is -0.326 e. The van der Waals surface area contributed by atoms with Gasteiger partial charge in [-0.15, -0.1) is 0 Å². The largest absolute Gasteiger partial charge is 0.326 e. The molecule has 0 unspecified atom stereocenters. The van der Waals surface area contributed by atoms with E-state index >= 15 is 0 Å². The second kappa shape index (κ2) is 6.71. The zero-order valence-corrected chi connectivity index (χ0v) is 12.0. The van der Waals surface area contributed by atoms with Gasteiger partial charge in [-0.25, -0.2) is 0 Å². The van der Waals surface area contributed by atoms with E-state index < -0.39 is 0 Å². The molecule has 0 bridgehead atoms. The van der Waals surface area contributed by atoms with E-state index in [0.29, 0.717) is 12.3 Å². The second-order valence-corrected chi connectivity index (χ2v) is 5.58. The highest BCUT2D eigenvalue weighted by Gasteiger charge is 2.14. The van der Waals surface area contributed by atoms with Crippen LogP contribution in [0.1, 0.15) is 36.8 Å². The summed E-state index contributed by atoms with van der Waals surface area (Å²) in [5.41, 5.74) is 3.39. The van der Waals surface area contributed by atoms with E-state index in [2.05, 4.69) is 30.5 Å². The van der Waals surface area contributed by atoms with Crippen LogP contribution >= 0.6 is 0 Å². The lowest BCUT2D eigenvalue weighted by Crippen LogP contribution is -2.28. The summed E-state index contributed by atoms with van der Waals surface area (Å²) >= 11 is 0. The Morgan fingerprint density at radius 2 is 2.00 bits per heavy atom. The first-order valence-electron chi connectivity index (χ1n) is 7.23. The minimum atomic E-state index is 0.141. The van der Waals surface area contributed by atoms with Gasteiger partial charge in [-0.05, 0) is 75.4 Å². The summed E-state index contributed by atoms with van der Waals surface area (Å²) in [5, 5.41) is 6.35. The molecule has 0 saturated carbocycles. The van der Waals surface area contributed by atoms with Gasteiger partial charge in [-0.3, -0.25) is 4.79 Å². The molecule has 1 aromatic carbocycles. The van der Waals surface area contributed by atoms with Gasteiger partial charge < -0.3 is 10.6 Å². The van der Waals surface area contributed by atoms with E-state index in [9.17, 15) is 4.79 Å². The SMILES string of the molecule is Cc1ccc(NC(=O)CCC2CCNCC2)cc1C. The Morgan fingerprint density at radius 1 is 1.26 bits per heavy atom. The maximum absolute atomic E-state index is 11.9. The molecule has 1 fully saturated rings. The van der Waals surface area contributed by atoms with Crippen molar-refractivity contribution in [3.8, 4) is 0 Å². The van der Waals surface area contributed by atoms with Crippen molar-refractivity contribution in [1.29, 1.82) is 0 Å². The van der Waals surface area contributed by atoms with Crippen LogP contribution in [0.3, 0.4) is 0 Å². The predicted molar refractivity (Wildman–Crippen MR) is 79.4 cm³/mol. The van der Waals surface area contributed by atoms with Crippen molar-refractivity contribution in [2.24, 2.45) is 5.92 Å². The molecular weight excluding hydrogens is 236 g/mol. The Kier molecular flexibility index (Phi) is 4.97. The predicted octanol–water partition coefficient (Wildman–Crippen LogP) is 3.02. The lowest BCUT2D eigenvalue weighted by molar-refractivity contribution is -0.116. The number of aryl methyl sites for hydroxylation is 2. The number of benzene rings is 1. The van der Waals surface area contributed by atoms with Crippen LogP contribution in [0.5, 0.6) is 0 Å². The number of rotatable bonds is 4. The molecule has 0 aliphatic carbocycles. The molecule has 3 nitrogen and oxygen atoms in total. The number of anilines is 1. The molecule has 1 saturated heterocycles. The van der Waals surface area contributed by atoms with E-state index in [-0.39, 0.29) is 5.91 Å². The molecule has 0 aromatic heterocycles. The minimum absolute atomic E-state index is 0.141. The zero-order valence-electron chi connectivity index (χ0n) is 12.0. The van der Waals surface area contributed by atoms with Crippen LogP contribution in [0.15, 0.2) is 18.2 Å². The Bertz CT molecular complexity index is 436. The molecule has 3 heteroatoms. The fourth-order valence-electron chi connectivity index (χ4n) is 2.55. The summed E-state index contributed by atoms with van der Waals surface area (Å²) in [7, 11) is 0. The van der Waals surface area contributed by atoms with Gasteiger partial charge in [-0.1, -0.05) is 6.07 Å². The molecule has 1 heterocycles. The van der Waals surface area contributed by atoms with E-state index in [1.165, 1.54) is 24.0 Å². The third-order valence-corrected chi connectivity index (χ3v) is 4.03. The molecule has 1 aliphatic rings. The number of carbonyl (C=O) groups excluding carboxylic acids is 1. The summed E-state index contributed by atoms with van der Waals surface area (Å²) in [6.45, 7) is 6.35. The number of piperidine rings is 1. The zero-order chi connectivity index (χ0) is 13.7. The van der Waals surface area contributed by atoms with Crippen LogP contribution in [0.4, 0.5) is 5.69 Å². The average Bonchev–Trinajstić information content (AvgIpc) is 2.42. The standard InChI is InChI=1S/C16H24N2O/c1-12-3-5-15(11-13(12)2)18-16(19)6-4-14-7-9-17-10-8-14/h3,5,11,14,17H,4,6-10H2,1-2H3,(H,18,19). The van der Waals surface area contributed by atoms with Crippen molar-refractivity contribution in [2.75, 3.05) is 18.4 Å². The van der Waals surface area contributed by atoms with Gasteiger partial charge in [0.1, 0.15) is 0 Å². The third-order valence-electron chi connectivity index (χ3n) is 4.03. The van der Waals surface area contributed by atoms with Crippen molar-refractivity contribution in [2.45, 2.75) is 39.5 Å². The molecule has 0 spiro atoms. The van der Waals surface area contributed by atoms with Gasteiger partial charge in [0, 0.05) is 12.1 Å². The molecule has 0 radical (unpaired) electrons. The Hall–Kier alpha value is -1.35. The Morgan fingerprint density at radius 3 is 2.68 bits per heavy atom. The monoisotopic (exact) mass is 260 g/mol. The van der Waals surface area contributed by atoms with Crippen molar-refractivity contribution in [1.82, 2.24) is 5.32 Å². The van der Waals surface area contributed by atoms with Gasteiger partial charge in [0.15, 0.2) is 0 Å². The fourth-order valence-corrected chi connectivity index (χ4v) is 2.55. The third kappa shape index (κ3) is 4.35.